The van der Waals surface area contributed by atoms with Gasteiger partial charge in [0, 0.05) is 17.7 Å². The van der Waals surface area contributed by atoms with E-state index in [1.54, 1.807) is 0 Å². The lowest BCUT2D eigenvalue weighted by atomic mass is 9.80. The SMILES string of the molecule is C=CCCCCCCOC1CC(C)(C)N([O])C(C)(C)C1. The average molecular weight is 282 g/mol. The first-order chi connectivity index (χ1) is 9.29. The Hall–Kier alpha value is -0.380. The van der Waals surface area contributed by atoms with Crippen molar-refractivity contribution < 1.29 is 9.94 Å². The summed E-state index contributed by atoms with van der Waals surface area (Å²) >= 11 is 0. The molecule has 3 heteroatoms. The van der Waals surface area contributed by atoms with Crippen LogP contribution in [0.3, 0.4) is 0 Å². The zero-order chi connectivity index (χ0) is 15.2. The van der Waals surface area contributed by atoms with Crippen LogP contribution in [0.4, 0.5) is 0 Å². The summed E-state index contributed by atoms with van der Waals surface area (Å²) in [4.78, 5) is 0. The number of ether oxygens (including phenoxy) is 1. The molecule has 0 aromatic heterocycles. The van der Waals surface area contributed by atoms with Gasteiger partial charge in [0.15, 0.2) is 0 Å². The standard InChI is InChI=1S/C17H32NO2/c1-6-7-8-9-10-11-12-20-15-13-16(2,3)18(19)17(4,5)14-15/h6,15H,1,7-14H2,2-5H3. The lowest BCUT2D eigenvalue weighted by Gasteiger charge is -2.49. The summed E-state index contributed by atoms with van der Waals surface area (Å²) < 4.78 is 6.02. The van der Waals surface area contributed by atoms with E-state index in [1.165, 1.54) is 24.3 Å². The molecule has 117 valence electrons. The first-order valence-electron chi connectivity index (χ1n) is 7.99. The largest absolute Gasteiger partial charge is 0.378 e. The fraction of sp³-hybridized carbons (Fsp3) is 0.882. The first kappa shape index (κ1) is 17.7. The lowest BCUT2D eigenvalue weighted by Crippen LogP contribution is -2.59. The fourth-order valence-electron chi connectivity index (χ4n) is 3.28. The van der Waals surface area contributed by atoms with Crippen molar-refractivity contribution in [2.24, 2.45) is 0 Å². The molecule has 3 nitrogen and oxygen atoms in total. The number of hydroxylamine groups is 2. The minimum atomic E-state index is -0.323. The van der Waals surface area contributed by atoms with Gasteiger partial charge in [-0.2, -0.15) is 0 Å². The molecule has 0 bridgehead atoms. The Morgan fingerprint density at radius 1 is 1.10 bits per heavy atom. The van der Waals surface area contributed by atoms with Gasteiger partial charge in [-0.15, -0.1) is 16.8 Å². The number of hydrogen-bond acceptors (Lipinski definition) is 2. The molecule has 0 saturated carbocycles. The quantitative estimate of drug-likeness (QED) is 0.485. The maximum Gasteiger partial charge on any atom is 0.0611 e. The molecule has 1 aliphatic heterocycles. The molecular weight excluding hydrogens is 250 g/mol. The normalized spacial score (nSPS) is 22.9. The Morgan fingerprint density at radius 2 is 1.65 bits per heavy atom. The molecule has 1 radical (unpaired) electrons. The molecule has 1 fully saturated rings. The Labute approximate surface area is 125 Å². The highest BCUT2D eigenvalue weighted by molar-refractivity contribution is 4.96. The van der Waals surface area contributed by atoms with Crippen LogP contribution in [0.15, 0.2) is 12.7 Å². The van der Waals surface area contributed by atoms with E-state index in [-0.39, 0.29) is 17.2 Å². The molecule has 20 heavy (non-hydrogen) atoms. The average Bonchev–Trinajstić information content (AvgIpc) is 2.34. The summed E-state index contributed by atoms with van der Waals surface area (Å²) in [6.07, 6.45) is 9.81. The van der Waals surface area contributed by atoms with Gasteiger partial charge in [-0.1, -0.05) is 18.9 Å². The van der Waals surface area contributed by atoms with Gasteiger partial charge >= 0.3 is 0 Å². The van der Waals surface area contributed by atoms with Gasteiger partial charge in [0.1, 0.15) is 0 Å². The highest BCUT2D eigenvalue weighted by atomic mass is 16.5. The molecule has 0 N–H and O–H groups in total. The summed E-state index contributed by atoms with van der Waals surface area (Å²) in [5.41, 5.74) is -0.646. The Bertz CT molecular complexity index is 281. The minimum Gasteiger partial charge on any atom is -0.378 e. The molecule has 0 unspecified atom stereocenters. The van der Waals surface area contributed by atoms with Crippen LogP contribution in [-0.4, -0.2) is 28.9 Å². The van der Waals surface area contributed by atoms with Crippen LogP contribution >= 0.6 is 0 Å². The smallest absolute Gasteiger partial charge is 0.0611 e. The van der Waals surface area contributed by atoms with Crippen LogP contribution in [0.1, 0.15) is 72.6 Å². The van der Waals surface area contributed by atoms with Crippen molar-refractivity contribution in [1.82, 2.24) is 5.06 Å². The van der Waals surface area contributed by atoms with Crippen molar-refractivity contribution in [3.63, 3.8) is 0 Å². The lowest BCUT2D eigenvalue weighted by molar-refractivity contribution is -0.301. The predicted molar refractivity (Wildman–Crippen MR) is 82.9 cm³/mol. The van der Waals surface area contributed by atoms with Crippen molar-refractivity contribution in [2.45, 2.75) is 89.8 Å². The van der Waals surface area contributed by atoms with E-state index in [2.05, 4.69) is 6.58 Å². The van der Waals surface area contributed by atoms with Crippen LogP contribution in [0.25, 0.3) is 0 Å². The van der Waals surface area contributed by atoms with Gasteiger partial charge < -0.3 is 4.74 Å². The van der Waals surface area contributed by atoms with E-state index < -0.39 is 0 Å². The van der Waals surface area contributed by atoms with Gasteiger partial charge in [0.25, 0.3) is 0 Å². The highest BCUT2D eigenvalue weighted by Gasteiger charge is 2.46. The van der Waals surface area contributed by atoms with Crippen LogP contribution < -0.4 is 0 Å². The zero-order valence-corrected chi connectivity index (χ0v) is 13.8. The van der Waals surface area contributed by atoms with Crippen molar-refractivity contribution in [3.8, 4) is 0 Å². The molecule has 0 amide bonds. The van der Waals surface area contributed by atoms with Gasteiger partial charge in [-0.3, -0.25) is 0 Å². The van der Waals surface area contributed by atoms with E-state index in [4.69, 9.17) is 4.74 Å². The number of rotatable bonds is 8. The van der Waals surface area contributed by atoms with Crippen LogP contribution in [0.5, 0.6) is 0 Å². The van der Waals surface area contributed by atoms with Gasteiger partial charge in [-0.25, -0.2) is 0 Å². The summed E-state index contributed by atoms with van der Waals surface area (Å²) in [5, 5.41) is 13.5. The Kier molecular flexibility index (Phi) is 6.70. The number of nitrogens with zero attached hydrogens (tertiary/aromatic N) is 1. The summed E-state index contributed by atoms with van der Waals surface area (Å²) in [7, 11) is 0. The van der Waals surface area contributed by atoms with Gasteiger partial charge in [0.2, 0.25) is 0 Å². The zero-order valence-electron chi connectivity index (χ0n) is 13.8. The van der Waals surface area contributed by atoms with Crippen LogP contribution in [-0.2, 0) is 9.94 Å². The van der Waals surface area contributed by atoms with E-state index in [0.29, 0.717) is 0 Å². The second-order valence-electron chi connectivity index (χ2n) is 7.31. The minimum absolute atomic E-state index is 0.221. The third-order valence-electron chi connectivity index (χ3n) is 4.21. The maximum absolute atomic E-state index is 12.2. The molecule has 0 aliphatic carbocycles. The van der Waals surface area contributed by atoms with E-state index >= 15 is 0 Å². The predicted octanol–water partition coefficient (Wildman–Crippen LogP) is 4.51. The third kappa shape index (κ3) is 5.19. The summed E-state index contributed by atoms with van der Waals surface area (Å²) in [5.74, 6) is 0. The molecule has 0 spiro atoms. The molecule has 1 rings (SSSR count). The number of piperidine rings is 1. The second-order valence-corrected chi connectivity index (χ2v) is 7.31. The topological polar surface area (TPSA) is 32.4 Å². The molecule has 1 heterocycles. The van der Waals surface area contributed by atoms with Crippen LogP contribution in [0, 0.1) is 0 Å². The summed E-state index contributed by atoms with van der Waals surface area (Å²) in [6, 6.07) is 0. The summed E-state index contributed by atoms with van der Waals surface area (Å²) in [6.45, 7) is 12.6. The van der Waals surface area contributed by atoms with Gasteiger partial charge in [0.05, 0.1) is 6.10 Å². The molecule has 1 aliphatic rings. The molecule has 0 aromatic rings. The van der Waals surface area contributed by atoms with E-state index in [0.717, 1.165) is 32.3 Å². The second kappa shape index (κ2) is 7.58. The molecule has 0 aromatic carbocycles. The third-order valence-corrected chi connectivity index (χ3v) is 4.21. The fourth-order valence-corrected chi connectivity index (χ4v) is 3.28. The van der Waals surface area contributed by atoms with Crippen molar-refractivity contribution in [2.75, 3.05) is 6.61 Å². The van der Waals surface area contributed by atoms with Gasteiger partial charge in [-0.05, 0) is 59.8 Å². The van der Waals surface area contributed by atoms with Crippen molar-refractivity contribution in [1.29, 1.82) is 0 Å². The molecule has 0 atom stereocenters. The Balaban J connectivity index is 2.26. The Morgan fingerprint density at radius 3 is 2.20 bits per heavy atom. The molecule has 1 saturated heterocycles. The molecular formula is C17H32NO2. The maximum atomic E-state index is 12.2. The highest BCUT2D eigenvalue weighted by Crippen LogP contribution is 2.38. The first-order valence-corrected chi connectivity index (χ1v) is 7.99. The number of hydrogen-bond donors (Lipinski definition) is 0. The van der Waals surface area contributed by atoms with E-state index in [9.17, 15) is 5.21 Å². The van der Waals surface area contributed by atoms with Crippen LogP contribution in [0.2, 0.25) is 0 Å². The van der Waals surface area contributed by atoms with E-state index in [1.807, 2.05) is 33.8 Å². The monoisotopic (exact) mass is 282 g/mol. The number of allylic oxidation sites excluding steroid dienone is 1. The van der Waals surface area contributed by atoms with Crippen molar-refractivity contribution in [3.05, 3.63) is 12.7 Å². The van der Waals surface area contributed by atoms with Crippen molar-refractivity contribution >= 4 is 0 Å². The number of unbranched alkanes of at least 4 members (excludes halogenated alkanes) is 4.